The molecule has 11 heteroatoms. The maximum atomic E-state index is 12.9. The van der Waals surface area contributed by atoms with E-state index in [1.54, 1.807) is 0 Å². The number of amides is 2. The third kappa shape index (κ3) is 7.23. The Hall–Kier alpha value is -2.78. The van der Waals surface area contributed by atoms with Gasteiger partial charge in [0.2, 0.25) is 5.91 Å². The van der Waals surface area contributed by atoms with Crippen molar-refractivity contribution >= 4 is 52.4 Å². The van der Waals surface area contributed by atoms with E-state index in [4.69, 9.17) is 23.2 Å². The number of hydrogen-bond acceptors (Lipinski definition) is 4. The van der Waals surface area contributed by atoms with Crippen molar-refractivity contribution in [2.24, 2.45) is 0 Å². The second kappa shape index (κ2) is 10.3. The number of carbonyl (C=O) groups is 3. The summed E-state index contributed by atoms with van der Waals surface area (Å²) in [4.78, 5) is 35.3. The van der Waals surface area contributed by atoms with E-state index < -0.39 is 41.8 Å². The summed E-state index contributed by atoms with van der Waals surface area (Å²) in [5.74, 6) is -2.31. The highest BCUT2D eigenvalue weighted by atomic mass is 35.5. The van der Waals surface area contributed by atoms with E-state index in [2.05, 4.69) is 10.1 Å². The van der Waals surface area contributed by atoms with E-state index in [1.165, 1.54) is 30.3 Å². The highest BCUT2D eigenvalue weighted by molar-refractivity contribution is 6.42. The molecule has 2 N–H and O–H groups in total. The van der Waals surface area contributed by atoms with Crippen LogP contribution in [0.25, 0.3) is 0 Å². The SMILES string of the molecule is O=C(CCC(=O)OCC(=O)Nc1ccccc1C(F)(F)F)Nc1ccc(Cl)c(Cl)c1. The Labute approximate surface area is 179 Å². The van der Waals surface area contributed by atoms with Gasteiger partial charge in [0, 0.05) is 12.1 Å². The standard InChI is InChI=1S/C19H15Cl2F3N2O4/c20-13-6-5-11(9-14(13)21)25-16(27)7-8-18(29)30-10-17(28)26-15-4-2-1-3-12(15)19(22,23)24/h1-6,9H,7-8,10H2,(H,25,27)(H,26,28). The minimum absolute atomic E-state index is 0.238. The van der Waals surface area contributed by atoms with Gasteiger partial charge in [0.1, 0.15) is 0 Å². The Balaban J connectivity index is 1.77. The Morgan fingerprint density at radius 2 is 1.60 bits per heavy atom. The Bertz CT molecular complexity index is 952. The van der Waals surface area contributed by atoms with Gasteiger partial charge in [-0.2, -0.15) is 13.2 Å². The van der Waals surface area contributed by atoms with Crippen molar-refractivity contribution in [2.45, 2.75) is 19.0 Å². The van der Waals surface area contributed by atoms with E-state index in [1.807, 2.05) is 5.32 Å². The zero-order valence-corrected chi connectivity index (χ0v) is 16.7. The van der Waals surface area contributed by atoms with Gasteiger partial charge in [0.05, 0.1) is 27.7 Å². The molecule has 0 saturated heterocycles. The summed E-state index contributed by atoms with van der Waals surface area (Å²) < 4.78 is 43.4. The summed E-state index contributed by atoms with van der Waals surface area (Å²) in [7, 11) is 0. The Kier molecular flexibility index (Phi) is 8.08. The van der Waals surface area contributed by atoms with Crippen LogP contribution in [0.1, 0.15) is 18.4 Å². The normalized spacial score (nSPS) is 11.0. The van der Waals surface area contributed by atoms with E-state index in [9.17, 15) is 27.6 Å². The summed E-state index contributed by atoms with van der Waals surface area (Å²) in [5, 5.41) is 5.11. The Morgan fingerprint density at radius 3 is 2.27 bits per heavy atom. The number of benzene rings is 2. The van der Waals surface area contributed by atoms with Gasteiger partial charge in [-0.05, 0) is 30.3 Å². The average molecular weight is 463 g/mol. The minimum Gasteiger partial charge on any atom is -0.456 e. The number of hydrogen-bond donors (Lipinski definition) is 2. The van der Waals surface area contributed by atoms with Crippen molar-refractivity contribution in [1.82, 2.24) is 0 Å². The van der Waals surface area contributed by atoms with Crippen LogP contribution in [0, 0.1) is 0 Å². The highest BCUT2D eigenvalue weighted by Crippen LogP contribution is 2.34. The molecular weight excluding hydrogens is 448 g/mol. The lowest BCUT2D eigenvalue weighted by molar-refractivity contribution is -0.148. The molecule has 0 aliphatic heterocycles. The molecule has 0 atom stereocenters. The molecule has 6 nitrogen and oxygen atoms in total. The second-order valence-corrected chi connectivity index (χ2v) is 6.74. The summed E-state index contributed by atoms with van der Waals surface area (Å²) in [6.07, 6.45) is -5.22. The van der Waals surface area contributed by atoms with Gasteiger partial charge >= 0.3 is 12.1 Å². The monoisotopic (exact) mass is 462 g/mol. The molecule has 0 radical (unpaired) electrons. The van der Waals surface area contributed by atoms with Crippen LogP contribution in [0.15, 0.2) is 42.5 Å². The van der Waals surface area contributed by atoms with Crippen LogP contribution in [0.4, 0.5) is 24.5 Å². The van der Waals surface area contributed by atoms with Gasteiger partial charge in [-0.15, -0.1) is 0 Å². The van der Waals surface area contributed by atoms with E-state index in [-0.39, 0.29) is 17.9 Å². The van der Waals surface area contributed by atoms with Crippen molar-refractivity contribution in [2.75, 3.05) is 17.2 Å². The molecule has 0 aromatic heterocycles. The summed E-state index contributed by atoms with van der Waals surface area (Å²) in [6, 6.07) is 8.84. The number of nitrogens with one attached hydrogen (secondary N) is 2. The molecule has 0 spiro atoms. The number of halogens is 5. The summed E-state index contributed by atoms with van der Waals surface area (Å²) in [5.41, 5.74) is -1.10. The number of para-hydroxylation sites is 1. The predicted octanol–water partition coefficient (Wildman–Crippen LogP) is 4.91. The van der Waals surface area contributed by atoms with E-state index in [0.717, 1.165) is 12.1 Å². The molecule has 0 fully saturated rings. The topological polar surface area (TPSA) is 84.5 Å². The van der Waals surface area contributed by atoms with Gasteiger partial charge in [-0.25, -0.2) is 0 Å². The number of rotatable bonds is 7. The molecule has 0 saturated carbocycles. The predicted molar refractivity (Wildman–Crippen MR) is 105 cm³/mol. The first kappa shape index (κ1) is 23.5. The first-order valence-electron chi connectivity index (χ1n) is 8.43. The zero-order valence-electron chi connectivity index (χ0n) is 15.2. The molecule has 0 heterocycles. The van der Waals surface area contributed by atoms with Gasteiger partial charge in [0.15, 0.2) is 6.61 Å². The number of alkyl halides is 3. The van der Waals surface area contributed by atoms with Crippen LogP contribution in [-0.2, 0) is 25.3 Å². The second-order valence-electron chi connectivity index (χ2n) is 5.93. The van der Waals surface area contributed by atoms with E-state index >= 15 is 0 Å². The van der Waals surface area contributed by atoms with Gasteiger partial charge in [-0.3, -0.25) is 14.4 Å². The smallest absolute Gasteiger partial charge is 0.418 e. The van der Waals surface area contributed by atoms with Crippen molar-refractivity contribution < 1.29 is 32.3 Å². The molecule has 30 heavy (non-hydrogen) atoms. The lowest BCUT2D eigenvalue weighted by atomic mass is 10.1. The largest absolute Gasteiger partial charge is 0.456 e. The van der Waals surface area contributed by atoms with Crippen LogP contribution in [0.2, 0.25) is 10.0 Å². The molecule has 0 unspecified atom stereocenters. The van der Waals surface area contributed by atoms with Crippen LogP contribution in [0.3, 0.4) is 0 Å². The van der Waals surface area contributed by atoms with Crippen LogP contribution >= 0.6 is 23.2 Å². The van der Waals surface area contributed by atoms with Crippen molar-refractivity contribution in [3.05, 3.63) is 58.1 Å². The molecule has 0 aliphatic rings. The van der Waals surface area contributed by atoms with Crippen molar-refractivity contribution in [1.29, 1.82) is 0 Å². The third-order valence-corrected chi connectivity index (χ3v) is 4.37. The number of ether oxygens (including phenoxy) is 1. The number of carbonyl (C=O) groups excluding carboxylic acids is 3. The average Bonchev–Trinajstić information content (AvgIpc) is 2.67. The van der Waals surface area contributed by atoms with Gasteiger partial charge in [0.25, 0.3) is 5.91 Å². The van der Waals surface area contributed by atoms with Crippen LogP contribution in [-0.4, -0.2) is 24.4 Å². The van der Waals surface area contributed by atoms with Crippen LogP contribution < -0.4 is 10.6 Å². The number of esters is 1. The van der Waals surface area contributed by atoms with Crippen LogP contribution in [0.5, 0.6) is 0 Å². The lowest BCUT2D eigenvalue weighted by Gasteiger charge is -2.13. The molecule has 0 aliphatic carbocycles. The highest BCUT2D eigenvalue weighted by Gasteiger charge is 2.33. The third-order valence-electron chi connectivity index (χ3n) is 3.63. The fourth-order valence-electron chi connectivity index (χ4n) is 2.26. The number of anilines is 2. The van der Waals surface area contributed by atoms with Crippen molar-refractivity contribution in [3.8, 4) is 0 Å². The van der Waals surface area contributed by atoms with E-state index in [0.29, 0.717) is 10.7 Å². The molecule has 2 amide bonds. The first-order chi connectivity index (χ1) is 14.1. The van der Waals surface area contributed by atoms with Crippen molar-refractivity contribution in [3.63, 3.8) is 0 Å². The molecule has 0 bridgehead atoms. The maximum absolute atomic E-state index is 12.9. The quantitative estimate of drug-likeness (QED) is 0.572. The fraction of sp³-hybridized carbons (Fsp3) is 0.211. The summed E-state index contributed by atoms with van der Waals surface area (Å²) >= 11 is 11.6. The fourth-order valence-corrected chi connectivity index (χ4v) is 2.55. The molecule has 2 aromatic carbocycles. The molecular formula is C19H15Cl2F3N2O4. The minimum atomic E-state index is -4.65. The van der Waals surface area contributed by atoms with Gasteiger partial charge < -0.3 is 15.4 Å². The molecule has 160 valence electrons. The molecule has 2 aromatic rings. The lowest BCUT2D eigenvalue weighted by Crippen LogP contribution is -2.23. The van der Waals surface area contributed by atoms with Gasteiger partial charge in [-0.1, -0.05) is 35.3 Å². The first-order valence-corrected chi connectivity index (χ1v) is 9.18. The molecule has 2 rings (SSSR count). The summed E-state index contributed by atoms with van der Waals surface area (Å²) in [6.45, 7) is -0.792. The Morgan fingerprint density at radius 1 is 0.900 bits per heavy atom. The maximum Gasteiger partial charge on any atom is 0.418 e. The zero-order chi connectivity index (χ0) is 22.3.